The van der Waals surface area contributed by atoms with Gasteiger partial charge in [-0.2, -0.15) is 4.98 Å². The first-order valence-corrected chi connectivity index (χ1v) is 4.19. The van der Waals surface area contributed by atoms with Crippen molar-refractivity contribution in [2.45, 2.75) is 6.29 Å². The highest BCUT2D eigenvalue weighted by Gasteiger charge is 2.12. The molecule has 0 aliphatic carbocycles. The molecule has 0 aromatic carbocycles. The molecule has 0 unspecified atom stereocenters. The van der Waals surface area contributed by atoms with Gasteiger partial charge in [-0.1, -0.05) is 0 Å². The van der Waals surface area contributed by atoms with Gasteiger partial charge in [-0.3, -0.25) is 9.89 Å². The third-order valence-electron chi connectivity index (χ3n) is 1.67. The van der Waals surface area contributed by atoms with Gasteiger partial charge >= 0.3 is 0 Å². The standard InChI is InChI=1S/C7H13N5O3/c1-14-4(15-2)3-9-6(13)5-10-7(8)12-11-5/h4H,3H2,1-2H3,(H,9,13)(H3,8,10,11,12). The van der Waals surface area contributed by atoms with Gasteiger partial charge in [0.25, 0.3) is 5.91 Å². The zero-order valence-electron chi connectivity index (χ0n) is 8.48. The van der Waals surface area contributed by atoms with Gasteiger partial charge in [-0.25, -0.2) is 0 Å². The van der Waals surface area contributed by atoms with Crippen molar-refractivity contribution in [2.24, 2.45) is 0 Å². The number of aromatic amines is 1. The van der Waals surface area contributed by atoms with Crippen LogP contribution in [0.5, 0.6) is 0 Å². The SMILES string of the molecule is COC(CNC(=O)c1nc(N)n[nH]1)OC. The highest BCUT2D eigenvalue weighted by molar-refractivity contribution is 5.90. The van der Waals surface area contributed by atoms with Crippen LogP contribution in [-0.2, 0) is 9.47 Å². The molecule has 1 aromatic rings. The summed E-state index contributed by atoms with van der Waals surface area (Å²) in [4.78, 5) is 15.0. The second kappa shape index (κ2) is 5.27. The Kier molecular flexibility index (Phi) is 4.01. The van der Waals surface area contributed by atoms with Crippen molar-refractivity contribution in [3.63, 3.8) is 0 Å². The summed E-state index contributed by atoms with van der Waals surface area (Å²) in [7, 11) is 2.96. The monoisotopic (exact) mass is 215 g/mol. The van der Waals surface area contributed by atoms with Crippen molar-refractivity contribution in [3.05, 3.63) is 5.82 Å². The first kappa shape index (κ1) is 11.4. The van der Waals surface area contributed by atoms with Crippen LogP contribution < -0.4 is 11.1 Å². The van der Waals surface area contributed by atoms with Crippen molar-refractivity contribution in [2.75, 3.05) is 26.5 Å². The maximum atomic E-state index is 11.4. The zero-order chi connectivity index (χ0) is 11.3. The van der Waals surface area contributed by atoms with Gasteiger partial charge in [0.15, 0.2) is 6.29 Å². The van der Waals surface area contributed by atoms with Crippen LogP contribution in [0.4, 0.5) is 5.95 Å². The van der Waals surface area contributed by atoms with E-state index in [9.17, 15) is 4.79 Å². The smallest absolute Gasteiger partial charge is 0.288 e. The van der Waals surface area contributed by atoms with E-state index < -0.39 is 12.2 Å². The molecule has 4 N–H and O–H groups in total. The molecule has 0 spiro atoms. The van der Waals surface area contributed by atoms with Crippen molar-refractivity contribution in [3.8, 4) is 0 Å². The number of carbonyl (C=O) groups is 1. The molecule has 0 bridgehead atoms. The van der Waals surface area contributed by atoms with E-state index in [1.165, 1.54) is 14.2 Å². The third-order valence-corrected chi connectivity index (χ3v) is 1.67. The number of amides is 1. The number of methoxy groups -OCH3 is 2. The van der Waals surface area contributed by atoms with E-state index in [1.807, 2.05) is 0 Å². The van der Waals surface area contributed by atoms with Gasteiger partial charge in [0.2, 0.25) is 11.8 Å². The Morgan fingerprint density at radius 1 is 1.60 bits per heavy atom. The van der Waals surface area contributed by atoms with Gasteiger partial charge in [-0.15, -0.1) is 5.10 Å². The molecular weight excluding hydrogens is 202 g/mol. The van der Waals surface area contributed by atoms with Gasteiger partial charge < -0.3 is 20.5 Å². The van der Waals surface area contributed by atoms with Gasteiger partial charge in [0, 0.05) is 14.2 Å². The van der Waals surface area contributed by atoms with Crippen molar-refractivity contribution in [1.29, 1.82) is 0 Å². The average Bonchev–Trinajstić information content (AvgIpc) is 2.66. The second-order valence-corrected chi connectivity index (χ2v) is 2.65. The number of carbonyl (C=O) groups excluding carboxylic acids is 1. The van der Waals surface area contributed by atoms with Crippen molar-refractivity contribution in [1.82, 2.24) is 20.5 Å². The Balaban J connectivity index is 2.42. The first-order valence-electron chi connectivity index (χ1n) is 4.19. The largest absolute Gasteiger partial charge is 0.366 e. The van der Waals surface area contributed by atoms with E-state index in [2.05, 4.69) is 20.5 Å². The number of anilines is 1. The molecule has 0 aliphatic heterocycles. The molecular formula is C7H13N5O3. The number of nitrogens with one attached hydrogen (secondary N) is 2. The van der Waals surface area contributed by atoms with Gasteiger partial charge in [0.1, 0.15) is 0 Å². The lowest BCUT2D eigenvalue weighted by molar-refractivity contribution is -0.0974. The Morgan fingerprint density at radius 2 is 2.27 bits per heavy atom. The molecule has 15 heavy (non-hydrogen) atoms. The van der Waals surface area contributed by atoms with Crippen LogP contribution in [0, 0.1) is 0 Å². The van der Waals surface area contributed by atoms with E-state index in [0.29, 0.717) is 0 Å². The summed E-state index contributed by atoms with van der Waals surface area (Å²) in [6.07, 6.45) is -0.491. The molecule has 1 aromatic heterocycles. The minimum atomic E-state index is -0.491. The zero-order valence-corrected chi connectivity index (χ0v) is 8.48. The van der Waals surface area contributed by atoms with Gasteiger partial charge in [-0.05, 0) is 0 Å². The fourth-order valence-corrected chi connectivity index (χ4v) is 0.899. The second-order valence-electron chi connectivity index (χ2n) is 2.65. The molecule has 0 fully saturated rings. The Morgan fingerprint density at radius 3 is 2.73 bits per heavy atom. The molecule has 1 amide bonds. The summed E-state index contributed by atoms with van der Waals surface area (Å²) in [6, 6.07) is 0. The number of ether oxygens (including phenoxy) is 2. The van der Waals surface area contributed by atoms with Crippen LogP contribution in [0.15, 0.2) is 0 Å². The number of rotatable bonds is 5. The third kappa shape index (κ3) is 3.18. The molecule has 8 heteroatoms. The molecule has 84 valence electrons. The number of nitrogens with zero attached hydrogens (tertiary/aromatic N) is 2. The molecule has 0 aliphatic rings. The summed E-state index contributed by atoms with van der Waals surface area (Å²) in [6.45, 7) is 0.215. The maximum Gasteiger partial charge on any atom is 0.288 e. The number of hydrogen-bond donors (Lipinski definition) is 3. The minimum absolute atomic E-state index is 0.0233. The van der Waals surface area contributed by atoms with E-state index >= 15 is 0 Å². The molecule has 1 rings (SSSR count). The number of nitrogens with two attached hydrogens (primary N) is 1. The predicted molar refractivity (Wildman–Crippen MR) is 50.9 cm³/mol. The number of aromatic nitrogens is 3. The Hall–Kier alpha value is -1.67. The Bertz CT molecular complexity index is 322. The van der Waals surface area contributed by atoms with Crippen LogP contribution in [0.2, 0.25) is 0 Å². The molecule has 0 saturated carbocycles. The molecule has 0 radical (unpaired) electrons. The maximum absolute atomic E-state index is 11.4. The van der Waals surface area contributed by atoms with Crippen molar-refractivity contribution < 1.29 is 14.3 Å². The summed E-state index contributed by atoms with van der Waals surface area (Å²) in [5.41, 5.74) is 5.24. The minimum Gasteiger partial charge on any atom is -0.366 e. The van der Waals surface area contributed by atoms with E-state index in [0.717, 1.165) is 0 Å². The lowest BCUT2D eigenvalue weighted by atomic mass is 10.5. The normalized spacial score (nSPS) is 10.6. The van der Waals surface area contributed by atoms with Crippen LogP contribution in [-0.4, -0.2) is 48.1 Å². The summed E-state index contributed by atoms with van der Waals surface area (Å²) in [5, 5.41) is 8.44. The summed E-state index contributed by atoms with van der Waals surface area (Å²) >= 11 is 0. The van der Waals surface area contributed by atoms with E-state index in [1.54, 1.807) is 0 Å². The molecule has 8 nitrogen and oxygen atoms in total. The number of nitrogen functional groups attached to an aromatic ring is 1. The fourth-order valence-electron chi connectivity index (χ4n) is 0.899. The van der Waals surface area contributed by atoms with Crippen LogP contribution in [0.25, 0.3) is 0 Å². The molecule has 0 saturated heterocycles. The van der Waals surface area contributed by atoms with Crippen LogP contribution in [0.3, 0.4) is 0 Å². The number of H-pyrrole nitrogens is 1. The highest BCUT2D eigenvalue weighted by Crippen LogP contribution is 1.93. The highest BCUT2D eigenvalue weighted by atomic mass is 16.7. The van der Waals surface area contributed by atoms with E-state index in [4.69, 9.17) is 15.2 Å². The molecule has 0 atom stereocenters. The predicted octanol–water partition coefficient (Wildman–Crippen LogP) is -1.26. The molecule has 1 heterocycles. The lowest BCUT2D eigenvalue weighted by Crippen LogP contribution is -2.34. The first-order chi connectivity index (χ1) is 7.17. The van der Waals surface area contributed by atoms with Crippen LogP contribution >= 0.6 is 0 Å². The topological polar surface area (TPSA) is 115 Å². The van der Waals surface area contributed by atoms with E-state index in [-0.39, 0.29) is 18.3 Å². The lowest BCUT2D eigenvalue weighted by Gasteiger charge is -2.12. The summed E-state index contributed by atoms with van der Waals surface area (Å²) in [5.74, 6) is -0.341. The fraction of sp³-hybridized carbons (Fsp3) is 0.571. The van der Waals surface area contributed by atoms with Crippen LogP contribution in [0.1, 0.15) is 10.6 Å². The Labute approximate surface area is 86.2 Å². The average molecular weight is 215 g/mol. The number of hydrogen-bond acceptors (Lipinski definition) is 6. The summed E-state index contributed by atoms with van der Waals surface area (Å²) < 4.78 is 9.77. The quantitative estimate of drug-likeness (QED) is 0.528. The van der Waals surface area contributed by atoms with Crippen molar-refractivity contribution >= 4 is 11.9 Å². The van der Waals surface area contributed by atoms with Gasteiger partial charge in [0.05, 0.1) is 6.54 Å².